The van der Waals surface area contributed by atoms with Gasteiger partial charge in [0.05, 0.1) is 12.0 Å². The maximum atomic E-state index is 12.1. The van der Waals surface area contributed by atoms with Crippen molar-refractivity contribution in [3.05, 3.63) is 41.5 Å². The molecule has 0 spiro atoms. The van der Waals surface area contributed by atoms with Crippen LogP contribution in [0.5, 0.6) is 17.2 Å². The first-order valence-electron chi connectivity index (χ1n) is 8.44. The number of benzene rings is 2. The smallest absolute Gasteiger partial charge is 0.305 e. The number of rotatable bonds is 8. The lowest BCUT2D eigenvalue weighted by atomic mass is 9.84. The molecule has 2 aromatic rings. The average Bonchev–Trinajstić information content (AvgIpc) is 2.57. The number of phenolic OH excluding ortho intramolecular Hbond substituents is 1. The minimum absolute atomic E-state index is 0.0957. The van der Waals surface area contributed by atoms with Gasteiger partial charge in [0, 0.05) is 19.4 Å². The van der Waals surface area contributed by atoms with Gasteiger partial charge in [0.15, 0.2) is 0 Å². The Balaban J connectivity index is 2.23. The molecule has 0 aliphatic carbocycles. The van der Waals surface area contributed by atoms with Gasteiger partial charge < -0.3 is 25.2 Å². The zero-order valence-corrected chi connectivity index (χ0v) is 16.5. The molecule has 148 valence electrons. The summed E-state index contributed by atoms with van der Waals surface area (Å²) in [7, 11) is 8.59. The number of hydrogen-bond acceptors (Lipinski definition) is 5. The summed E-state index contributed by atoms with van der Waals surface area (Å²) in [5, 5.41) is 20.9. The molecule has 11 heteroatoms. The predicted molar refractivity (Wildman–Crippen MR) is 109 cm³/mol. The summed E-state index contributed by atoms with van der Waals surface area (Å²) in [6.45, 7) is 1.12. The van der Waals surface area contributed by atoms with Gasteiger partial charge in [-0.1, -0.05) is 23.1 Å². The van der Waals surface area contributed by atoms with Crippen LogP contribution in [0.15, 0.2) is 30.3 Å². The zero-order valence-electron chi connectivity index (χ0n) is 15.6. The van der Waals surface area contributed by atoms with Crippen molar-refractivity contribution in [2.75, 3.05) is 13.2 Å². The van der Waals surface area contributed by atoms with Gasteiger partial charge in [0.2, 0.25) is 7.37 Å². The summed E-state index contributed by atoms with van der Waals surface area (Å²) in [5.41, 5.74) is 0.627. The van der Waals surface area contributed by atoms with E-state index in [4.69, 9.17) is 25.5 Å². The Morgan fingerprint density at radius 3 is 2.34 bits per heavy atom. The lowest BCUT2D eigenvalue weighted by Crippen LogP contribution is -2.26. The van der Waals surface area contributed by atoms with E-state index >= 15 is 0 Å². The van der Waals surface area contributed by atoms with Crippen LogP contribution in [-0.2, 0) is 15.5 Å². The third-order valence-electron chi connectivity index (χ3n) is 3.74. The van der Waals surface area contributed by atoms with E-state index in [0.29, 0.717) is 5.56 Å². The van der Waals surface area contributed by atoms with Crippen LogP contribution in [0.3, 0.4) is 0 Å². The summed E-state index contributed by atoms with van der Waals surface area (Å²) in [6, 6.07) is 6.83. The molecule has 4 N–H and O–H groups in total. The van der Waals surface area contributed by atoms with Gasteiger partial charge in [-0.25, -0.2) is 0 Å². The van der Waals surface area contributed by atoms with Crippen LogP contribution >= 0.6 is 7.37 Å². The molecule has 1 unspecified atom stereocenters. The maximum absolute atomic E-state index is 12.1. The van der Waals surface area contributed by atoms with E-state index < -0.39 is 19.2 Å². The lowest BCUT2D eigenvalue weighted by Gasteiger charge is -2.16. The second kappa shape index (κ2) is 9.20. The van der Waals surface area contributed by atoms with Gasteiger partial charge in [0.25, 0.3) is 5.91 Å². The summed E-state index contributed by atoms with van der Waals surface area (Å²) >= 11 is 0. The fourth-order valence-corrected chi connectivity index (χ4v) is 3.40. The van der Waals surface area contributed by atoms with E-state index in [1.54, 1.807) is 0 Å². The van der Waals surface area contributed by atoms with Gasteiger partial charge in [-0.15, -0.1) is 0 Å². The van der Waals surface area contributed by atoms with Crippen molar-refractivity contribution in [1.82, 2.24) is 5.32 Å². The van der Waals surface area contributed by atoms with Crippen molar-refractivity contribution in [2.24, 2.45) is 0 Å². The average molecular weight is 413 g/mol. The van der Waals surface area contributed by atoms with Crippen molar-refractivity contribution >= 4 is 45.9 Å². The number of ether oxygens (including phenoxy) is 1. The van der Waals surface area contributed by atoms with E-state index in [2.05, 4.69) is 5.32 Å². The molecule has 1 atom stereocenters. The molecule has 0 aromatic heterocycles. The van der Waals surface area contributed by atoms with Gasteiger partial charge in [-0.3, -0.25) is 14.2 Å². The van der Waals surface area contributed by atoms with Crippen LogP contribution in [-0.4, -0.2) is 55.9 Å². The predicted octanol–water partition coefficient (Wildman–Crippen LogP) is 0.377. The molecule has 0 saturated heterocycles. The van der Waals surface area contributed by atoms with Crippen molar-refractivity contribution in [3.63, 3.8) is 0 Å². The first kappa shape index (κ1) is 22.6. The SMILES string of the molecule is [B]c1cc(CP(C)(=O)O)cc([B])c1Oc1ccc(O)c(C(=O)NCCC(=O)O)c1. The summed E-state index contributed by atoms with van der Waals surface area (Å²) in [4.78, 5) is 32.2. The van der Waals surface area contributed by atoms with Gasteiger partial charge in [-0.05, 0) is 23.8 Å². The molecule has 0 aliphatic rings. The molecular weight excluding hydrogens is 395 g/mol. The third-order valence-corrected chi connectivity index (χ3v) is 4.69. The molecular formula is C18H18B2NO7P. The third kappa shape index (κ3) is 6.69. The number of carbonyl (C=O) groups excluding carboxylic acids is 1. The van der Waals surface area contributed by atoms with Crippen molar-refractivity contribution in [1.29, 1.82) is 0 Å². The highest BCUT2D eigenvalue weighted by Crippen LogP contribution is 2.39. The van der Waals surface area contributed by atoms with Crippen LogP contribution in [0.4, 0.5) is 0 Å². The number of phenols is 1. The normalized spacial score (nSPS) is 12.8. The number of carbonyl (C=O) groups is 2. The van der Waals surface area contributed by atoms with Crippen molar-refractivity contribution in [3.8, 4) is 17.2 Å². The molecule has 2 aromatic carbocycles. The summed E-state index contributed by atoms with van der Waals surface area (Å²) in [6.07, 6.45) is -0.359. The first-order chi connectivity index (χ1) is 13.5. The largest absolute Gasteiger partial charge is 0.507 e. The van der Waals surface area contributed by atoms with Gasteiger partial charge >= 0.3 is 5.97 Å². The Morgan fingerprint density at radius 2 is 1.79 bits per heavy atom. The molecule has 0 bridgehead atoms. The Morgan fingerprint density at radius 1 is 1.17 bits per heavy atom. The highest BCUT2D eigenvalue weighted by molar-refractivity contribution is 7.56. The van der Waals surface area contributed by atoms with E-state index in [-0.39, 0.29) is 52.9 Å². The van der Waals surface area contributed by atoms with Crippen LogP contribution in [0.25, 0.3) is 0 Å². The number of hydrogen-bond donors (Lipinski definition) is 4. The molecule has 0 heterocycles. The quantitative estimate of drug-likeness (QED) is 0.363. The molecule has 2 rings (SSSR count). The molecule has 0 fully saturated rings. The zero-order chi connectivity index (χ0) is 21.8. The number of carboxylic acid groups (broad SMARTS) is 1. The number of aromatic hydroxyl groups is 1. The van der Waals surface area contributed by atoms with Crippen LogP contribution in [0.2, 0.25) is 0 Å². The Hall–Kier alpha value is -2.70. The van der Waals surface area contributed by atoms with Gasteiger partial charge in [0.1, 0.15) is 32.9 Å². The standard InChI is InChI=1S/C18H18B2NO7P/c1-29(26,27)9-10-6-13(19)17(14(20)7-10)28-11-2-3-15(22)12(8-11)18(25)21-5-4-16(23)24/h2-3,6-8,22H,4-5,9H2,1H3,(H,21,25)(H,23,24)(H,26,27). The minimum atomic E-state index is -3.31. The van der Waals surface area contributed by atoms with Crippen LogP contribution in [0, 0.1) is 0 Å². The summed E-state index contributed by atoms with van der Waals surface area (Å²) in [5.74, 6) is -1.81. The number of amides is 1. The number of aliphatic carboxylic acids is 1. The Bertz CT molecular complexity index is 967. The minimum Gasteiger partial charge on any atom is -0.507 e. The highest BCUT2D eigenvalue weighted by Gasteiger charge is 2.16. The Labute approximate surface area is 170 Å². The molecule has 0 saturated carbocycles. The van der Waals surface area contributed by atoms with E-state index in [9.17, 15) is 24.2 Å². The number of carboxylic acids is 1. The monoisotopic (exact) mass is 413 g/mol. The highest BCUT2D eigenvalue weighted by atomic mass is 31.2. The van der Waals surface area contributed by atoms with E-state index in [1.807, 2.05) is 0 Å². The van der Waals surface area contributed by atoms with E-state index in [0.717, 1.165) is 0 Å². The fourth-order valence-electron chi connectivity index (χ4n) is 2.54. The maximum Gasteiger partial charge on any atom is 0.305 e. The fraction of sp³-hybridized carbons (Fsp3) is 0.222. The topological polar surface area (TPSA) is 133 Å². The molecule has 8 nitrogen and oxygen atoms in total. The van der Waals surface area contributed by atoms with Crippen molar-refractivity contribution < 1.29 is 34.0 Å². The molecule has 4 radical (unpaired) electrons. The Kier molecular flexibility index (Phi) is 7.16. The number of nitrogens with one attached hydrogen (secondary N) is 1. The molecule has 1 amide bonds. The van der Waals surface area contributed by atoms with Crippen LogP contribution < -0.4 is 21.0 Å². The van der Waals surface area contributed by atoms with Crippen molar-refractivity contribution in [2.45, 2.75) is 12.6 Å². The summed E-state index contributed by atoms with van der Waals surface area (Å²) < 4.78 is 17.2. The second-order valence-electron chi connectivity index (χ2n) is 6.49. The first-order valence-corrected chi connectivity index (χ1v) is 10.7. The van der Waals surface area contributed by atoms with Crippen LogP contribution in [0.1, 0.15) is 22.3 Å². The van der Waals surface area contributed by atoms with E-state index in [1.165, 1.54) is 37.0 Å². The lowest BCUT2D eigenvalue weighted by molar-refractivity contribution is -0.136. The molecule has 0 aliphatic heterocycles. The molecule has 29 heavy (non-hydrogen) atoms. The van der Waals surface area contributed by atoms with Gasteiger partial charge in [-0.2, -0.15) is 0 Å². The second-order valence-corrected chi connectivity index (χ2v) is 8.91.